The normalized spacial score (nSPS) is 9.40. The van der Waals surface area contributed by atoms with Gasteiger partial charge >= 0.3 is 0 Å². The first kappa shape index (κ1) is 7.71. The van der Waals surface area contributed by atoms with Crippen molar-refractivity contribution in [1.82, 2.24) is 10.2 Å². The maximum atomic E-state index is 3.90. The van der Waals surface area contributed by atoms with E-state index in [0.29, 0.717) is 0 Å². The second kappa shape index (κ2) is 3.70. The van der Waals surface area contributed by atoms with E-state index in [9.17, 15) is 0 Å². The summed E-state index contributed by atoms with van der Waals surface area (Å²) in [7, 11) is 0. The highest BCUT2D eigenvalue weighted by molar-refractivity contribution is 14.1. The molecule has 54 valence electrons. The van der Waals surface area contributed by atoms with Crippen LogP contribution in [0.2, 0.25) is 0 Å². The SMILES string of the molecule is CCNc1ccc(I)nn1. The Balaban J connectivity index is 2.69. The number of aromatic nitrogens is 2. The lowest BCUT2D eigenvalue weighted by Crippen LogP contribution is -2.00. The Kier molecular flexibility index (Phi) is 2.85. The van der Waals surface area contributed by atoms with E-state index in [0.717, 1.165) is 16.1 Å². The zero-order valence-corrected chi connectivity index (χ0v) is 7.79. The molecule has 1 N–H and O–H groups in total. The van der Waals surface area contributed by atoms with Gasteiger partial charge in [0.1, 0.15) is 9.52 Å². The van der Waals surface area contributed by atoms with Crippen molar-refractivity contribution in [3.05, 3.63) is 15.8 Å². The minimum atomic E-state index is 0.836. The van der Waals surface area contributed by atoms with Crippen LogP contribution in [0.1, 0.15) is 6.92 Å². The Morgan fingerprint density at radius 2 is 2.30 bits per heavy atom. The molecule has 0 aromatic carbocycles. The lowest BCUT2D eigenvalue weighted by molar-refractivity contribution is 0.988. The monoisotopic (exact) mass is 249 g/mol. The highest BCUT2D eigenvalue weighted by Gasteiger charge is 1.90. The van der Waals surface area contributed by atoms with Gasteiger partial charge < -0.3 is 5.32 Å². The Labute approximate surface area is 73.4 Å². The molecule has 1 aromatic heterocycles. The smallest absolute Gasteiger partial charge is 0.148 e. The van der Waals surface area contributed by atoms with Crippen LogP contribution in [0, 0.1) is 3.70 Å². The zero-order chi connectivity index (χ0) is 7.40. The summed E-state index contributed by atoms with van der Waals surface area (Å²) in [6, 6.07) is 3.84. The summed E-state index contributed by atoms with van der Waals surface area (Å²) in [6.07, 6.45) is 0. The molecule has 1 aromatic rings. The Hall–Kier alpha value is -0.390. The van der Waals surface area contributed by atoms with E-state index in [4.69, 9.17) is 0 Å². The molecule has 0 fully saturated rings. The minimum Gasteiger partial charge on any atom is -0.369 e. The van der Waals surface area contributed by atoms with Gasteiger partial charge in [0.25, 0.3) is 0 Å². The van der Waals surface area contributed by atoms with Gasteiger partial charge in [0, 0.05) is 6.54 Å². The summed E-state index contributed by atoms with van der Waals surface area (Å²) in [5.74, 6) is 0.836. The Morgan fingerprint density at radius 3 is 2.80 bits per heavy atom. The first-order valence-electron chi connectivity index (χ1n) is 3.06. The van der Waals surface area contributed by atoms with Gasteiger partial charge in [0.2, 0.25) is 0 Å². The van der Waals surface area contributed by atoms with Crippen LogP contribution < -0.4 is 5.32 Å². The van der Waals surface area contributed by atoms with Crippen molar-refractivity contribution >= 4 is 28.4 Å². The molecular formula is C6H8IN3. The van der Waals surface area contributed by atoms with Gasteiger partial charge in [0.05, 0.1) is 0 Å². The third kappa shape index (κ3) is 2.09. The van der Waals surface area contributed by atoms with E-state index in [1.807, 2.05) is 19.1 Å². The molecule has 0 unspecified atom stereocenters. The highest BCUT2D eigenvalue weighted by Crippen LogP contribution is 2.02. The van der Waals surface area contributed by atoms with Crippen LogP contribution in [-0.2, 0) is 0 Å². The van der Waals surface area contributed by atoms with Gasteiger partial charge in [-0.05, 0) is 41.6 Å². The van der Waals surface area contributed by atoms with Crippen molar-refractivity contribution in [2.75, 3.05) is 11.9 Å². The maximum absolute atomic E-state index is 3.90. The van der Waals surface area contributed by atoms with Crippen molar-refractivity contribution in [2.24, 2.45) is 0 Å². The molecule has 0 radical (unpaired) electrons. The van der Waals surface area contributed by atoms with Crippen LogP contribution in [0.4, 0.5) is 5.82 Å². The first-order chi connectivity index (χ1) is 4.83. The van der Waals surface area contributed by atoms with Crippen LogP contribution in [0.15, 0.2) is 12.1 Å². The summed E-state index contributed by atoms with van der Waals surface area (Å²) in [4.78, 5) is 0. The molecule has 10 heavy (non-hydrogen) atoms. The summed E-state index contributed by atoms with van der Waals surface area (Å²) >= 11 is 2.12. The second-order valence-corrected chi connectivity index (χ2v) is 2.88. The van der Waals surface area contributed by atoms with E-state index >= 15 is 0 Å². The third-order valence-electron chi connectivity index (χ3n) is 0.990. The topological polar surface area (TPSA) is 37.8 Å². The molecule has 0 aliphatic rings. The van der Waals surface area contributed by atoms with E-state index < -0.39 is 0 Å². The number of halogens is 1. The molecule has 0 atom stereocenters. The van der Waals surface area contributed by atoms with Crippen LogP contribution in [0.5, 0.6) is 0 Å². The van der Waals surface area contributed by atoms with Crippen molar-refractivity contribution in [1.29, 1.82) is 0 Å². The summed E-state index contributed by atoms with van der Waals surface area (Å²) in [6.45, 7) is 2.91. The number of anilines is 1. The largest absolute Gasteiger partial charge is 0.369 e. The van der Waals surface area contributed by atoms with Gasteiger partial charge in [-0.1, -0.05) is 0 Å². The van der Waals surface area contributed by atoms with Gasteiger partial charge in [-0.15, -0.1) is 10.2 Å². The van der Waals surface area contributed by atoms with E-state index in [2.05, 4.69) is 38.1 Å². The summed E-state index contributed by atoms with van der Waals surface area (Å²) in [5, 5.41) is 10.8. The van der Waals surface area contributed by atoms with Crippen molar-refractivity contribution in [2.45, 2.75) is 6.92 Å². The van der Waals surface area contributed by atoms with Gasteiger partial charge in [-0.3, -0.25) is 0 Å². The molecule has 0 aliphatic carbocycles. The van der Waals surface area contributed by atoms with Gasteiger partial charge in [-0.25, -0.2) is 0 Å². The fourth-order valence-corrected chi connectivity index (χ4v) is 0.879. The first-order valence-corrected chi connectivity index (χ1v) is 4.14. The van der Waals surface area contributed by atoms with Gasteiger partial charge in [0.15, 0.2) is 0 Å². The molecule has 1 heterocycles. The number of rotatable bonds is 2. The third-order valence-corrected chi connectivity index (χ3v) is 1.57. The van der Waals surface area contributed by atoms with Crippen molar-refractivity contribution in [3.63, 3.8) is 0 Å². The minimum absolute atomic E-state index is 0.836. The quantitative estimate of drug-likeness (QED) is 0.807. The molecular weight excluding hydrogens is 241 g/mol. The lowest BCUT2D eigenvalue weighted by atomic mass is 10.5. The number of hydrogen-bond acceptors (Lipinski definition) is 3. The average Bonchev–Trinajstić information content (AvgIpc) is 1.95. The summed E-state index contributed by atoms with van der Waals surface area (Å²) in [5.41, 5.74) is 0. The molecule has 0 aliphatic heterocycles. The molecule has 3 nitrogen and oxygen atoms in total. The fourth-order valence-electron chi connectivity index (χ4n) is 0.591. The molecule has 0 saturated heterocycles. The van der Waals surface area contributed by atoms with Crippen LogP contribution >= 0.6 is 22.6 Å². The highest BCUT2D eigenvalue weighted by atomic mass is 127. The molecule has 0 bridgehead atoms. The van der Waals surface area contributed by atoms with Crippen LogP contribution in [-0.4, -0.2) is 16.7 Å². The standard InChI is InChI=1S/C6H8IN3/c1-2-8-6-4-3-5(7)9-10-6/h3-4H,2H2,1H3,(H,8,10). The van der Waals surface area contributed by atoms with E-state index in [1.165, 1.54) is 0 Å². The Morgan fingerprint density at radius 1 is 1.50 bits per heavy atom. The maximum Gasteiger partial charge on any atom is 0.148 e. The molecule has 0 amide bonds. The molecule has 1 rings (SSSR count). The van der Waals surface area contributed by atoms with Crippen LogP contribution in [0.3, 0.4) is 0 Å². The number of nitrogens with one attached hydrogen (secondary N) is 1. The second-order valence-electron chi connectivity index (χ2n) is 1.77. The lowest BCUT2D eigenvalue weighted by Gasteiger charge is -1.98. The predicted molar refractivity (Wildman–Crippen MR) is 48.9 cm³/mol. The average molecular weight is 249 g/mol. The number of nitrogens with zero attached hydrogens (tertiary/aromatic N) is 2. The molecule has 0 saturated carbocycles. The van der Waals surface area contributed by atoms with E-state index in [-0.39, 0.29) is 0 Å². The van der Waals surface area contributed by atoms with E-state index in [1.54, 1.807) is 0 Å². The van der Waals surface area contributed by atoms with Gasteiger partial charge in [-0.2, -0.15) is 0 Å². The Bertz CT molecular complexity index is 197. The zero-order valence-electron chi connectivity index (χ0n) is 5.63. The van der Waals surface area contributed by atoms with Crippen molar-refractivity contribution in [3.8, 4) is 0 Å². The summed E-state index contributed by atoms with van der Waals surface area (Å²) < 4.78 is 0.916. The van der Waals surface area contributed by atoms with Crippen LogP contribution in [0.25, 0.3) is 0 Å². The molecule has 0 spiro atoms. The number of hydrogen-bond donors (Lipinski definition) is 1. The predicted octanol–water partition coefficient (Wildman–Crippen LogP) is 1.51. The fraction of sp³-hybridized carbons (Fsp3) is 0.333. The van der Waals surface area contributed by atoms with Crippen molar-refractivity contribution < 1.29 is 0 Å². The molecule has 4 heteroatoms.